The van der Waals surface area contributed by atoms with Crippen LogP contribution in [0.25, 0.3) is 10.9 Å². The standard InChI is InChI=1S/C36H45FN4O5/c1-22-12-26(32(37)15-34(22)39-36(44)31-16-38-33-7-5-4-6-30(31)33)13-35(43)41-19-27(40-17-23(2)46-24(3)18-40)14-28(41)21-45-29-10-8-25(20-42)9-11-29/h4-7,12,15-16,20,23-25,27-29,38H,8-11,13-14,17-19,21H2,1-3H3,(H,39,44)/t23-,24+,25-,27-,28-,29-/m0/s1. The van der Waals surface area contributed by atoms with E-state index in [1.165, 1.54) is 6.07 Å². The minimum Gasteiger partial charge on any atom is -0.376 e. The average Bonchev–Trinajstić information content (AvgIpc) is 3.67. The van der Waals surface area contributed by atoms with E-state index in [2.05, 4.69) is 29.0 Å². The molecule has 10 heteroatoms. The molecule has 0 bridgehead atoms. The van der Waals surface area contributed by atoms with Gasteiger partial charge in [-0.05, 0) is 76.1 Å². The molecule has 1 aromatic heterocycles. The number of halogens is 1. The average molecular weight is 633 g/mol. The molecule has 2 aromatic carbocycles. The Bertz CT molecular complexity index is 1560. The van der Waals surface area contributed by atoms with Crippen LogP contribution in [0.3, 0.4) is 0 Å². The second kappa shape index (κ2) is 14.0. The largest absolute Gasteiger partial charge is 0.376 e. The number of para-hydroxylation sites is 1. The number of ether oxygens (including phenoxy) is 2. The van der Waals surface area contributed by atoms with Crippen molar-refractivity contribution < 1.29 is 28.2 Å². The van der Waals surface area contributed by atoms with Gasteiger partial charge >= 0.3 is 0 Å². The second-order valence-corrected chi connectivity index (χ2v) is 13.4. The molecule has 2 aliphatic heterocycles. The van der Waals surface area contributed by atoms with Crippen molar-refractivity contribution in [1.82, 2.24) is 14.8 Å². The van der Waals surface area contributed by atoms with Crippen molar-refractivity contribution in [3.63, 3.8) is 0 Å². The Morgan fingerprint density at radius 1 is 1.09 bits per heavy atom. The Kier molecular flexibility index (Phi) is 9.86. The van der Waals surface area contributed by atoms with Crippen LogP contribution in [0.15, 0.2) is 42.6 Å². The molecule has 0 spiro atoms. The summed E-state index contributed by atoms with van der Waals surface area (Å²) in [4.78, 5) is 45.5. The number of aromatic nitrogens is 1. The van der Waals surface area contributed by atoms with Gasteiger partial charge in [0.15, 0.2) is 0 Å². The number of likely N-dealkylation sites (tertiary alicyclic amines) is 1. The third kappa shape index (κ3) is 7.19. The fraction of sp³-hybridized carbons (Fsp3) is 0.528. The van der Waals surface area contributed by atoms with Gasteiger partial charge in [0, 0.05) is 54.4 Å². The van der Waals surface area contributed by atoms with E-state index < -0.39 is 5.82 Å². The summed E-state index contributed by atoms with van der Waals surface area (Å²) >= 11 is 0. The third-order valence-electron chi connectivity index (χ3n) is 9.93. The molecule has 3 heterocycles. The molecule has 2 amide bonds. The number of fused-ring (bicyclic) bond motifs is 1. The van der Waals surface area contributed by atoms with Crippen molar-refractivity contribution in [2.75, 3.05) is 31.6 Å². The highest BCUT2D eigenvalue weighted by molar-refractivity contribution is 6.13. The second-order valence-electron chi connectivity index (χ2n) is 13.4. The zero-order valence-electron chi connectivity index (χ0n) is 27.0. The van der Waals surface area contributed by atoms with Crippen molar-refractivity contribution in [3.8, 4) is 0 Å². The molecule has 1 aliphatic carbocycles. The van der Waals surface area contributed by atoms with Gasteiger partial charge in [-0.3, -0.25) is 14.5 Å². The number of aromatic amines is 1. The van der Waals surface area contributed by atoms with Gasteiger partial charge in [0.2, 0.25) is 5.91 Å². The zero-order valence-corrected chi connectivity index (χ0v) is 27.0. The highest BCUT2D eigenvalue weighted by Crippen LogP contribution is 2.30. The van der Waals surface area contributed by atoms with Crippen LogP contribution in [0.2, 0.25) is 0 Å². The normalized spacial score (nSPS) is 27.2. The molecule has 3 aliphatic rings. The number of H-pyrrole nitrogens is 1. The van der Waals surface area contributed by atoms with Gasteiger partial charge in [-0.2, -0.15) is 0 Å². The maximum Gasteiger partial charge on any atom is 0.257 e. The van der Waals surface area contributed by atoms with Gasteiger partial charge in [0.25, 0.3) is 5.91 Å². The molecular weight excluding hydrogens is 587 g/mol. The summed E-state index contributed by atoms with van der Waals surface area (Å²) in [5, 5.41) is 3.64. The predicted octanol–water partition coefficient (Wildman–Crippen LogP) is 5.26. The van der Waals surface area contributed by atoms with E-state index in [0.717, 1.165) is 62.4 Å². The van der Waals surface area contributed by atoms with Crippen LogP contribution in [0.5, 0.6) is 0 Å². The first-order valence-electron chi connectivity index (χ1n) is 16.6. The van der Waals surface area contributed by atoms with E-state index in [1.807, 2.05) is 29.2 Å². The van der Waals surface area contributed by atoms with E-state index in [-0.39, 0.29) is 54.5 Å². The number of nitrogens with zero attached hydrogens (tertiary/aromatic N) is 2. The number of anilines is 1. The molecule has 9 nitrogen and oxygen atoms in total. The number of amides is 2. The molecule has 3 aromatic rings. The summed E-state index contributed by atoms with van der Waals surface area (Å²) in [5.74, 6) is -0.879. The number of carbonyl (C=O) groups excluding carboxylic acids is 3. The number of hydrogen-bond donors (Lipinski definition) is 2. The van der Waals surface area contributed by atoms with Crippen LogP contribution in [-0.4, -0.2) is 89.5 Å². The lowest BCUT2D eigenvalue weighted by Gasteiger charge is -2.38. The molecule has 46 heavy (non-hydrogen) atoms. The molecular formula is C36H45FN4O5. The van der Waals surface area contributed by atoms with Crippen LogP contribution >= 0.6 is 0 Å². The number of carbonyl (C=O) groups is 3. The van der Waals surface area contributed by atoms with Gasteiger partial charge in [0.05, 0.1) is 42.9 Å². The summed E-state index contributed by atoms with van der Waals surface area (Å²) in [6.07, 6.45) is 7.09. The highest BCUT2D eigenvalue weighted by Gasteiger charge is 2.40. The fourth-order valence-electron chi connectivity index (χ4n) is 7.50. The number of aldehydes is 1. The first-order valence-corrected chi connectivity index (χ1v) is 16.6. The molecule has 0 unspecified atom stereocenters. The molecule has 2 saturated heterocycles. The topological polar surface area (TPSA) is 104 Å². The summed E-state index contributed by atoms with van der Waals surface area (Å²) < 4.78 is 27.8. The van der Waals surface area contributed by atoms with Crippen LogP contribution < -0.4 is 5.32 Å². The monoisotopic (exact) mass is 632 g/mol. The summed E-state index contributed by atoms with van der Waals surface area (Å²) in [6.45, 7) is 8.56. The lowest BCUT2D eigenvalue weighted by atomic mass is 9.88. The maximum atomic E-state index is 15.5. The van der Waals surface area contributed by atoms with Crippen molar-refractivity contribution >= 4 is 34.7 Å². The smallest absolute Gasteiger partial charge is 0.257 e. The first kappa shape index (κ1) is 32.3. The lowest BCUT2D eigenvalue weighted by Crippen LogP contribution is -2.51. The molecule has 2 N–H and O–H groups in total. The van der Waals surface area contributed by atoms with Crippen LogP contribution in [0, 0.1) is 18.7 Å². The number of benzene rings is 2. The van der Waals surface area contributed by atoms with Crippen molar-refractivity contribution in [2.24, 2.45) is 5.92 Å². The van der Waals surface area contributed by atoms with E-state index in [9.17, 15) is 14.4 Å². The number of aryl methyl sites for hydroxylation is 1. The Morgan fingerprint density at radius 2 is 1.83 bits per heavy atom. The Hall–Kier alpha value is -3.60. The fourth-order valence-corrected chi connectivity index (χ4v) is 7.50. The number of morpholine rings is 1. The van der Waals surface area contributed by atoms with Crippen molar-refractivity contribution in [1.29, 1.82) is 0 Å². The zero-order chi connectivity index (χ0) is 32.4. The van der Waals surface area contributed by atoms with Gasteiger partial charge in [-0.1, -0.05) is 24.3 Å². The van der Waals surface area contributed by atoms with Crippen LogP contribution in [-0.2, 0) is 25.5 Å². The number of nitrogens with one attached hydrogen (secondary N) is 2. The van der Waals surface area contributed by atoms with Crippen LogP contribution in [0.1, 0.15) is 67.4 Å². The third-order valence-corrected chi connectivity index (χ3v) is 9.93. The summed E-state index contributed by atoms with van der Waals surface area (Å²) in [6, 6.07) is 10.5. The minimum atomic E-state index is -0.528. The summed E-state index contributed by atoms with van der Waals surface area (Å²) in [7, 11) is 0. The molecule has 4 atom stereocenters. The lowest BCUT2D eigenvalue weighted by molar-refractivity contribution is -0.133. The Balaban J connectivity index is 1.14. The van der Waals surface area contributed by atoms with Crippen molar-refractivity contribution in [3.05, 3.63) is 65.1 Å². The Morgan fingerprint density at radius 3 is 2.57 bits per heavy atom. The highest BCUT2D eigenvalue weighted by atomic mass is 19.1. The SMILES string of the molecule is Cc1cc(CC(=O)N2C[C@@H](N3C[C@@H](C)O[C@@H](C)C3)C[C@H]2CO[C@H]2CC[C@H](C=O)CC2)c(F)cc1NC(=O)c1c[nH]c2ccccc12. The molecule has 246 valence electrons. The Labute approximate surface area is 269 Å². The molecule has 1 saturated carbocycles. The first-order chi connectivity index (χ1) is 22.2. The van der Waals surface area contributed by atoms with E-state index >= 15 is 4.39 Å². The predicted molar refractivity (Wildman–Crippen MR) is 174 cm³/mol. The quantitative estimate of drug-likeness (QED) is 0.312. The molecule has 6 rings (SSSR count). The van der Waals surface area contributed by atoms with Gasteiger partial charge in [-0.15, -0.1) is 0 Å². The van der Waals surface area contributed by atoms with Crippen molar-refractivity contribution in [2.45, 2.75) is 89.7 Å². The maximum absolute atomic E-state index is 15.5. The number of rotatable bonds is 9. The van der Waals surface area contributed by atoms with Gasteiger partial charge < -0.3 is 29.5 Å². The van der Waals surface area contributed by atoms with E-state index in [1.54, 1.807) is 19.2 Å². The van der Waals surface area contributed by atoms with Crippen LogP contribution in [0.4, 0.5) is 10.1 Å². The number of hydrogen-bond acceptors (Lipinski definition) is 6. The minimum absolute atomic E-state index is 0.0765. The van der Waals surface area contributed by atoms with E-state index in [0.29, 0.717) is 35.5 Å². The summed E-state index contributed by atoms with van der Waals surface area (Å²) in [5.41, 5.74) is 2.68. The molecule has 0 radical (unpaired) electrons. The van der Waals surface area contributed by atoms with Gasteiger partial charge in [0.1, 0.15) is 12.1 Å². The van der Waals surface area contributed by atoms with E-state index in [4.69, 9.17) is 9.47 Å². The van der Waals surface area contributed by atoms with Gasteiger partial charge in [-0.25, -0.2) is 4.39 Å². The molecule has 3 fully saturated rings.